The number of nitrogens with zero attached hydrogens (tertiary/aromatic N) is 4. The van der Waals surface area contributed by atoms with Crippen molar-refractivity contribution >= 4 is 5.91 Å². The lowest BCUT2D eigenvalue weighted by Gasteiger charge is -2.32. The molecule has 0 saturated carbocycles. The molecule has 4 heterocycles. The lowest BCUT2D eigenvalue weighted by Crippen LogP contribution is -2.42. The predicted octanol–water partition coefficient (Wildman–Crippen LogP) is 2.97. The first kappa shape index (κ1) is 21.4. The number of likely N-dealkylation sites (tertiary alicyclic amines) is 1. The molecular weight excluding hydrogens is 422 g/mol. The zero-order chi connectivity index (χ0) is 22.8. The normalized spacial score (nSPS) is 17.8. The maximum atomic E-state index is 12.6. The number of carbonyl (C=O) groups is 1. The summed E-state index contributed by atoms with van der Waals surface area (Å²) >= 11 is 0. The molecule has 1 unspecified atom stereocenters. The number of aromatic nitrogens is 3. The van der Waals surface area contributed by atoms with Crippen molar-refractivity contribution in [1.29, 1.82) is 0 Å². The van der Waals surface area contributed by atoms with Gasteiger partial charge in [-0.3, -0.25) is 9.69 Å². The highest BCUT2D eigenvalue weighted by Gasteiger charge is 2.27. The van der Waals surface area contributed by atoms with Crippen LogP contribution in [0.25, 0.3) is 11.3 Å². The van der Waals surface area contributed by atoms with E-state index in [1.165, 1.54) is 0 Å². The highest BCUT2D eigenvalue weighted by atomic mass is 16.7. The van der Waals surface area contributed by atoms with Crippen molar-refractivity contribution in [3.05, 3.63) is 53.2 Å². The summed E-state index contributed by atoms with van der Waals surface area (Å²) < 4.78 is 16.2. The van der Waals surface area contributed by atoms with Crippen molar-refractivity contribution in [1.82, 2.24) is 25.3 Å². The minimum absolute atomic E-state index is 0.00160. The number of aryl methyl sites for hydroxylation is 2. The molecule has 1 atom stereocenters. The molecule has 33 heavy (non-hydrogen) atoms. The Kier molecular flexibility index (Phi) is 5.95. The summed E-state index contributed by atoms with van der Waals surface area (Å²) in [5.41, 5.74) is 3.64. The summed E-state index contributed by atoms with van der Waals surface area (Å²) in [6, 6.07) is 7.62. The average Bonchev–Trinajstić information content (AvgIpc) is 3.46. The SMILES string of the molecule is Cc1cc(-c2cnc(C)nc2C2CCCN(CC(=O)NCc3ccc4c(c3)OCO4)C2)on1. The van der Waals surface area contributed by atoms with Crippen LogP contribution in [0.1, 0.15) is 41.5 Å². The number of benzene rings is 1. The van der Waals surface area contributed by atoms with E-state index in [2.05, 4.69) is 20.4 Å². The molecule has 2 aromatic heterocycles. The molecule has 5 rings (SSSR count). The fourth-order valence-electron chi connectivity index (χ4n) is 4.41. The maximum absolute atomic E-state index is 12.6. The summed E-state index contributed by atoms with van der Waals surface area (Å²) in [7, 11) is 0. The number of carbonyl (C=O) groups excluding carboxylic acids is 1. The Morgan fingerprint density at radius 1 is 1.21 bits per heavy atom. The van der Waals surface area contributed by atoms with Crippen molar-refractivity contribution < 1.29 is 18.8 Å². The Bertz CT molecular complexity index is 1160. The number of amides is 1. The predicted molar refractivity (Wildman–Crippen MR) is 120 cm³/mol. The highest BCUT2D eigenvalue weighted by Crippen LogP contribution is 2.34. The van der Waals surface area contributed by atoms with E-state index in [4.69, 9.17) is 19.0 Å². The van der Waals surface area contributed by atoms with E-state index in [9.17, 15) is 4.79 Å². The second kappa shape index (κ2) is 9.19. The van der Waals surface area contributed by atoms with Crippen LogP contribution in [-0.2, 0) is 11.3 Å². The highest BCUT2D eigenvalue weighted by molar-refractivity contribution is 5.78. The Morgan fingerprint density at radius 2 is 2.09 bits per heavy atom. The molecule has 1 amide bonds. The fraction of sp³-hybridized carbons (Fsp3) is 0.417. The third kappa shape index (κ3) is 4.83. The second-order valence-corrected chi connectivity index (χ2v) is 8.59. The number of hydrogen-bond acceptors (Lipinski definition) is 8. The first-order valence-corrected chi connectivity index (χ1v) is 11.2. The summed E-state index contributed by atoms with van der Waals surface area (Å²) in [4.78, 5) is 24.0. The molecule has 0 radical (unpaired) electrons. The van der Waals surface area contributed by atoms with E-state index < -0.39 is 0 Å². The minimum Gasteiger partial charge on any atom is -0.454 e. The average molecular weight is 450 g/mol. The molecule has 0 aliphatic carbocycles. The van der Waals surface area contributed by atoms with Gasteiger partial charge in [-0.1, -0.05) is 11.2 Å². The first-order valence-electron chi connectivity index (χ1n) is 11.2. The molecule has 1 saturated heterocycles. The smallest absolute Gasteiger partial charge is 0.234 e. The van der Waals surface area contributed by atoms with Gasteiger partial charge >= 0.3 is 0 Å². The lowest BCUT2D eigenvalue weighted by molar-refractivity contribution is -0.122. The van der Waals surface area contributed by atoms with Gasteiger partial charge in [0.15, 0.2) is 17.3 Å². The minimum atomic E-state index is -0.00160. The van der Waals surface area contributed by atoms with Crippen LogP contribution < -0.4 is 14.8 Å². The zero-order valence-corrected chi connectivity index (χ0v) is 18.8. The molecule has 1 fully saturated rings. The molecule has 9 heteroatoms. The van der Waals surface area contributed by atoms with Crippen molar-refractivity contribution in [2.24, 2.45) is 0 Å². The number of hydrogen-bond donors (Lipinski definition) is 1. The van der Waals surface area contributed by atoms with Gasteiger partial charge in [-0.15, -0.1) is 0 Å². The second-order valence-electron chi connectivity index (χ2n) is 8.59. The van der Waals surface area contributed by atoms with E-state index in [1.807, 2.05) is 44.3 Å². The van der Waals surface area contributed by atoms with Crippen LogP contribution in [0.3, 0.4) is 0 Å². The zero-order valence-electron chi connectivity index (χ0n) is 18.8. The van der Waals surface area contributed by atoms with Crippen molar-refractivity contribution in [3.63, 3.8) is 0 Å². The molecule has 2 aliphatic heterocycles. The van der Waals surface area contributed by atoms with Crippen molar-refractivity contribution in [3.8, 4) is 22.8 Å². The third-order valence-electron chi connectivity index (χ3n) is 6.02. The monoisotopic (exact) mass is 449 g/mol. The molecule has 1 N–H and O–H groups in total. The third-order valence-corrected chi connectivity index (χ3v) is 6.02. The molecule has 1 aromatic carbocycles. The molecule has 172 valence electrons. The Labute approximate surface area is 192 Å². The molecule has 0 bridgehead atoms. The number of nitrogens with one attached hydrogen (secondary N) is 1. The van der Waals surface area contributed by atoms with E-state index in [0.29, 0.717) is 18.8 Å². The summed E-state index contributed by atoms with van der Waals surface area (Å²) in [6.45, 7) is 6.47. The van der Waals surface area contributed by atoms with E-state index >= 15 is 0 Å². The van der Waals surface area contributed by atoms with Gasteiger partial charge in [0.25, 0.3) is 0 Å². The van der Waals surface area contributed by atoms with E-state index in [1.54, 1.807) is 0 Å². The van der Waals surface area contributed by atoms with Gasteiger partial charge in [0, 0.05) is 31.3 Å². The van der Waals surface area contributed by atoms with Crippen molar-refractivity contribution in [2.45, 2.75) is 39.2 Å². The van der Waals surface area contributed by atoms with Crippen LogP contribution >= 0.6 is 0 Å². The number of ether oxygens (including phenoxy) is 2. The summed E-state index contributed by atoms with van der Waals surface area (Å²) in [5.74, 6) is 3.06. The van der Waals surface area contributed by atoms with Gasteiger partial charge < -0.3 is 19.3 Å². The summed E-state index contributed by atoms with van der Waals surface area (Å²) in [6.07, 6.45) is 3.82. The molecule has 9 nitrogen and oxygen atoms in total. The Morgan fingerprint density at radius 3 is 2.94 bits per heavy atom. The number of piperidine rings is 1. The first-order chi connectivity index (χ1) is 16.0. The summed E-state index contributed by atoms with van der Waals surface area (Å²) in [5, 5.41) is 7.03. The van der Waals surface area contributed by atoms with Crippen LogP contribution in [0.15, 0.2) is 35.0 Å². The molecule has 2 aliphatic rings. The van der Waals surface area contributed by atoms with E-state index in [0.717, 1.165) is 65.8 Å². The molecule has 0 spiro atoms. The van der Waals surface area contributed by atoms with Crippen LogP contribution in [0.5, 0.6) is 11.5 Å². The van der Waals surface area contributed by atoms with Gasteiger partial charge in [-0.05, 0) is 50.9 Å². The number of fused-ring (bicyclic) bond motifs is 1. The lowest BCUT2D eigenvalue weighted by atomic mass is 9.91. The van der Waals surface area contributed by atoms with Gasteiger partial charge in [-0.2, -0.15) is 0 Å². The van der Waals surface area contributed by atoms with Crippen LogP contribution in [0.2, 0.25) is 0 Å². The van der Waals surface area contributed by atoms with Crippen LogP contribution in [-0.4, -0.2) is 52.4 Å². The maximum Gasteiger partial charge on any atom is 0.234 e. The Hall–Kier alpha value is -3.46. The topological polar surface area (TPSA) is 103 Å². The Balaban J connectivity index is 1.22. The van der Waals surface area contributed by atoms with Gasteiger partial charge in [0.2, 0.25) is 12.7 Å². The standard InChI is InChI=1S/C24H27N5O4/c1-15-8-21(33-28-15)19-11-25-16(2)27-24(19)18-4-3-7-29(12-18)13-23(30)26-10-17-5-6-20-22(9-17)32-14-31-20/h5-6,8-9,11,18H,3-4,7,10,12-14H2,1-2H3,(H,26,30). The molecular formula is C24H27N5O4. The van der Waals surface area contributed by atoms with Gasteiger partial charge in [0.05, 0.1) is 23.5 Å². The van der Waals surface area contributed by atoms with Crippen LogP contribution in [0, 0.1) is 13.8 Å². The van der Waals surface area contributed by atoms with Crippen LogP contribution in [0.4, 0.5) is 0 Å². The largest absolute Gasteiger partial charge is 0.454 e. The van der Waals surface area contributed by atoms with Gasteiger partial charge in [0.1, 0.15) is 5.82 Å². The van der Waals surface area contributed by atoms with Gasteiger partial charge in [-0.25, -0.2) is 9.97 Å². The fourth-order valence-corrected chi connectivity index (χ4v) is 4.41. The quantitative estimate of drug-likeness (QED) is 0.613. The number of rotatable bonds is 6. The van der Waals surface area contributed by atoms with E-state index in [-0.39, 0.29) is 18.6 Å². The molecule has 3 aromatic rings. The van der Waals surface area contributed by atoms with Crippen molar-refractivity contribution in [2.75, 3.05) is 26.4 Å².